The smallest absolute Gasteiger partial charge is 0.253 e. The molecule has 2 aliphatic rings. The molecule has 7 heteroatoms. The molecule has 2 fully saturated rings. The van der Waals surface area contributed by atoms with Crippen molar-refractivity contribution in [3.8, 4) is 6.07 Å². The number of anilines is 2. The lowest BCUT2D eigenvalue weighted by atomic mass is 10.1. The number of carbonyl (C=O) groups excluding carboxylic acids is 1. The number of amides is 1. The van der Waals surface area contributed by atoms with Crippen LogP contribution in [-0.4, -0.2) is 60.0 Å². The second kappa shape index (κ2) is 7.85. The van der Waals surface area contributed by atoms with Gasteiger partial charge in [0, 0.05) is 56.6 Å². The first-order chi connectivity index (χ1) is 13.6. The number of aryl methyl sites for hydroxylation is 1. The third kappa shape index (κ3) is 3.77. The van der Waals surface area contributed by atoms with Crippen LogP contribution >= 0.6 is 0 Å². The standard InChI is InChI=1S/C21H24N6O/c1-16-14-19(24-21(23-16)27-8-2-3-9-27)25-10-12-26(13-11-25)20(28)18-6-4-17(15-22)5-7-18/h4-7,14H,2-3,8-13H2,1H3. The maximum Gasteiger partial charge on any atom is 0.253 e. The summed E-state index contributed by atoms with van der Waals surface area (Å²) in [6.07, 6.45) is 2.39. The van der Waals surface area contributed by atoms with E-state index >= 15 is 0 Å². The Balaban J connectivity index is 1.42. The lowest BCUT2D eigenvalue weighted by Crippen LogP contribution is -2.49. The first kappa shape index (κ1) is 18.2. The van der Waals surface area contributed by atoms with Gasteiger partial charge < -0.3 is 14.7 Å². The molecule has 0 aliphatic carbocycles. The van der Waals surface area contributed by atoms with Crippen LogP contribution in [0.2, 0.25) is 0 Å². The van der Waals surface area contributed by atoms with Crippen molar-refractivity contribution in [2.45, 2.75) is 19.8 Å². The number of nitriles is 1. The first-order valence-electron chi connectivity index (χ1n) is 9.79. The predicted octanol–water partition coefficient (Wildman–Crippen LogP) is 2.22. The average Bonchev–Trinajstić information content (AvgIpc) is 3.28. The highest BCUT2D eigenvalue weighted by atomic mass is 16.2. The molecule has 0 radical (unpaired) electrons. The number of nitrogens with zero attached hydrogens (tertiary/aromatic N) is 6. The van der Waals surface area contributed by atoms with Gasteiger partial charge >= 0.3 is 0 Å². The van der Waals surface area contributed by atoms with Crippen molar-refractivity contribution in [1.82, 2.24) is 14.9 Å². The summed E-state index contributed by atoms with van der Waals surface area (Å²) in [6.45, 7) is 6.86. The number of hydrogen-bond donors (Lipinski definition) is 0. The second-order valence-electron chi connectivity index (χ2n) is 7.33. The number of hydrogen-bond acceptors (Lipinski definition) is 6. The maximum absolute atomic E-state index is 12.7. The lowest BCUT2D eigenvalue weighted by molar-refractivity contribution is 0.0746. The maximum atomic E-state index is 12.7. The number of carbonyl (C=O) groups is 1. The Hall–Kier alpha value is -3.14. The molecule has 0 spiro atoms. The highest BCUT2D eigenvalue weighted by Crippen LogP contribution is 2.22. The minimum absolute atomic E-state index is 0.0146. The lowest BCUT2D eigenvalue weighted by Gasteiger charge is -2.35. The Morgan fingerprint density at radius 1 is 0.964 bits per heavy atom. The van der Waals surface area contributed by atoms with Gasteiger partial charge in [0.05, 0.1) is 11.6 Å². The molecule has 3 heterocycles. The van der Waals surface area contributed by atoms with Crippen molar-refractivity contribution >= 4 is 17.7 Å². The van der Waals surface area contributed by atoms with Crippen LogP contribution in [0.4, 0.5) is 11.8 Å². The molecule has 2 saturated heterocycles. The average molecular weight is 376 g/mol. The van der Waals surface area contributed by atoms with Crippen molar-refractivity contribution in [1.29, 1.82) is 5.26 Å². The van der Waals surface area contributed by atoms with Crippen LogP contribution in [0.5, 0.6) is 0 Å². The Bertz CT molecular complexity index is 890. The summed E-state index contributed by atoms with van der Waals surface area (Å²) in [5.41, 5.74) is 2.17. The number of aromatic nitrogens is 2. The fraction of sp³-hybridized carbons (Fsp3) is 0.429. The zero-order valence-corrected chi connectivity index (χ0v) is 16.1. The molecule has 2 aromatic rings. The van der Waals surface area contributed by atoms with Crippen LogP contribution in [0.25, 0.3) is 0 Å². The minimum atomic E-state index is 0.0146. The Kier molecular flexibility index (Phi) is 5.11. The monoisotopic (exact) mass is 376 g/mol. The molecule has 0 bridgehead atoms. The molecule has 0 saturated carbocycles. The van der Waals surface area contributed by atoms with Crippen LogP contribution < -0.4 is 9.80 Å². The highest BCUT2D eigenvalue weighted by molar-refractivity contribution is 5.94. The third-order valence-electron chi connectivity index (χ3n) is 5.37. The van der Waals surface area contributed by atoms with E-state index in [1.165, 1.54) is 12.8 Å². The van der Waals surface area contributed by atoms with E-state index in [1.807, 2.05) is 17.9 Å². The normalized spacial score (nSPS) is 16.9. The summed E-state index contributed by atoms with van der Waals surface area (Å²) in [4.78, 5) is 28.5. The van der Waals surface area contributed by atoms with Gasteiger partial charge in [-0.05, 0) is 44.0 Å². The van der Waals surface area contributed by atoms with Crippen molar-refractivity contribution in [3.63, 3.8) is 0 Å². The summed E-state index contributed by atoms with van der Waals surface area (Å²) < 4.78 is 0. The van der Waals surface area contributed by atoms with E-state index in [0.29, 0.717) is 24.2 Å². The third-order valence-corrected chi connectivity index (χ3v) is 5.37. The van der Waals surface area contributed by atoms with E-state index in [4.69, 9.17) is 10.2 Å². The van der Waals surface area contributed by atoms with Gasteiger partial charge in [0.15, 0.2) is 0 Å². The van der Waals surface area contributed by atoms with Crippen molar-refractivity contribution in [2.75, 3.05) is 49.1 Å². The van der Waals surface area contributed by atoms with Gasteiger partial charge in [-0.2, -0.15) is 10.2 Å². The number of rotatable bonds is 3. The summed E-state index contributed by atoms with van der Waals surface area (Å²) >= 11 is 0. The number of benzene rings is 1. The summed E-state index contributed by atoms with van der Waals surface area (Å²) in [6, 6.07) is 10.9. The van der Waals surface area contributed by atoms with Crippen LogP contribution in [0.1, 0.15) is 34.5 Å². The molecule has 4 rings (SSSR count). The van der Waals surface area contributed by atoms with Crippen molar-refractivity contribution in [2.24, 2.45) is 0 Å². The predicted molar refractivity (Wildman–Crippen MR) is 107 cm³/mol. The Labute approximate surface area is 165 Å². The zero-order valence-electron chi connectivity index (χ0n) is 16.1. The van der Waals surface area contributed by atoms with Crippen LogP contribution in [0.3, 0.4) is 0 Å². The van der Waals surface area contributed by atoms with Crippen molar-refractivity contribution < 1.29 is 4.79 Å². The molecule has 144 valence electrons. The largest absolute Gasteiger partial charge is 0.353 e. The van der Waals surface area contributed by atoms with Gasteiger partial charge in [-0.25, -0.2) is 4.98 Å². The molecule has 28 heavy (non-hydrogen) atoms. The summed E-state index contributed by atoms with van der Waals surface area (Å²) in [5.74, 6) is 1.78. The Morgan fingerprint density at radius 2 is 1.64 bits per heavy atom. The van der Waals surface area contributed by atoms with E-state index in [1.54, 1.807) is 24.3 Å². The minimum Gasteiger partial charge on any atom is -0.353 e. The molecule has 7 nitrogen and oxygen atoms in total. The fourth-order valence-corrected chi connectivity index (χ4v) is 3.77. The van der Waals surface area contributed by atoms with Gasteiger partial charge in [0.2, 0.25) is 5.95 Å². The summed E-state index contributed by atoms with van der Waals surface area (Å²) in [7, 11) is 0. The van der Waals surface area contributed by atoms with E-state index in [0.717, 1.165) is 43.6 Å². The summed E-state index contributed by atoms with van der Waals surface area (Å²) in [5, 5.41) is 8.90. The molecule has 0 atom stereocenters. The first-order valence-corrected chi connectivity index (χ1v) is 9.79. The molecule has 1 amide bonds. The molecular formula is C21H24N6O. The van der Waals surface area contributed by atoms with E-state index < -0.39 is 0 Å². The van der Waals surface area contributed by atoms with Gasteiger partial charge in [-0.3, -0.25) is 4.79 Å². The SMILES string of the molecule is Cc1cc(N2CCN(C(=O)c3ccc(C#N)cc3)CC2)nc(N2CCCC2)n1. The van der Waals surface area contributed by atoms with Crippen LogP contribution in [-0.2, 0) is 0 Å². The highest BCUT2D eigenvalue weighted by Gasteiger charge is 2.24. The topological polar surface area (TPSA) is 76.4 Å². The fourth-order valence-electron chi connectivity index (χ4n) is 3.77. The molecule has 2 aliphatic heterocycles. The molecular weight excluding hydrogens is 352 g/mol. The molecule has 1 aromatic heterocycles. The van der Waals surface area contributed by atoms with E-state index in [9.17, 15) is 4.79 Å². The van der Waals surface area contributed by atoms with Crippen LogP contribution in [0, 0.1) is 18.3 Å². The van der Waals surface area contributed by atoms with Gasteiger partial charge in [0.1, 0.15) is 5.82 Å². The van der Waals surface area contributed by atoms with Gasteiger partial charge in [-0.1, -0.05) is 0 Å². The van der Waals surface area contributed by atoms with Crippen LogP contribution in [0.15, 0.2) is 30.3 Å². The number of piperazine rings is 1. The van der Waals surface area contributed by atoms with Crippen molar-refractivity contribution in [3.05, 3.63) is 47.2 Å². The Morgan fingerprint density at radius 3 is 2.29 bits per heavy atom. The van der Waals surface area contributed by atoms with E-state index in [2.05, 4.69) is 20.9 Å². The second-order valence-corrected chi connectivity index (χ2v) is 7.33. The molecule has 1 aromatic carbocycles. The van der Waals surface area contributed by atoms with E-state index in [-0.39, 0.29) is 5.91 Å². The van der Waals surface area contributed by atoms with Gasteiger partial charge in [-0.15, -0.1) is 0 Å². The molecule has 0 N–H and O–H groups in total. The van der Waals surface area contributed by atoms with Gasteiger partial charge in [0.25, 0.3) is 5.91 Å². The quantitative estimate of drug-likeness (QED) is 0.818. The zero-order chi connectivity index (χ0) is 19.5. The molecule has 0 unspecified atom stereocenters.